The zero-order valence-corrected chi connectivity index (χ0v) is 17.0. The lowest BCUT2D eigenvalue weighted by atomic mass is 10.0. The van der Waals surface area contributed by atoms with Crippen LogP contribution in [0.3, 0.4) is 0 Å². The van der Waals surface area contributed by atoms with Gasteiger partial charge in [-0.2, -0.15) is 0 Å². The summed E-state index contributed by atoms with van der Waals surface area (Å²) in [5.41, 5.74) is 3.57. The van der Waals surface area contributed by atoms with Crippen LogP contribution in [-0.4, -0.2) is 16.7 Å². The van der Waals surface area contributed by atoms with E-state index in [1.54, 1.807) is 37.3 Å². The molecular formula is C25H21NO4. The molecule has 0 radical (unpaired) electrons. The van der Waals surface area contributed by atoms with Gasteiger partial charge < -0.3 is 9.47 Å². The summed E-state index contributed by atoms with van der Waals surface area (Å²) in [6.07, 6.45) is 4.78. The number of hydrogen-bond donors (Lipinski definition) is 0. The van der Waals surface area contributed by atoms with Gasteiger partial charge in [0.2, 0.25) is 5.78 Å². The SMILES string of the molecule is Cc1c(OC(=O)c2ccncc2)ccc2c1O/C(=C\c1ccc(C(C)C)cc1)C2=O. The number of carbonyl (C=O) groups excluding carboxylic acids is 2. The molecule has 2 aromatic carbocycles. The van der Waals surface area contributed by atoms with Crippen LogP contribution >= 0.6 is 0 Å². The van der Waals surface area contributed by atoms with Crippen LogP contribution in [0.2, 0.25) is 0 Å². The van der Waals surface area contributed by atoms with Gasteiger partial charge in [0.15, 0.2) is 5.76 Å². The predicted octanol–water partition coefficient (Wildman–Crippen LogP) is 5.35. The molecule has 0 unspecified atom stereocenters. The lowest BCUT2D eigenvalue weighted by Gasteiger charge is -2.10. The number of pyridine rings is 1. The molecule has 0 spiro atoms. The second-order valence-corrected chi connectivity index (χ2v) is 7.45. The highest BCUT2D eigenvalue weighted by atomic mass is 16.5. The molecule has 150 valence electrons. The molecular weight excluding hydrogens is 378 g/mol. The molecule has 0 saturated heterocycles. The van der Waals surface area contributed by atoms with Crippen molar-refractivity contribution in [2.45, 2.75) is 26.7 Å². The number of allylic oxidation sites excluding steroid dienone is 1. The highest BCUT2D eigenvalue weighted by Gasteiger charge is 2.30. The summed E-state index contributed by atoms with van der Waals surface area (Å²) in [5, 5.41) is 0. The molecule has 3 aromatic rings. The van der Waals surface area contributed by atoms with Crippen LogP contribution in [0.5, 0.6) is 11.5 Å². The van der Waals surface area contributed by atoms with Crippen LogP contribution in [0.4, 0.5) is 0 Å². The van der Waals surface area contributed by atoms with Crippen LogP contribution in [0, 0.1) is 6.92 Å². The topological polar surface area (TPSA) is 65.5 Å². The normalized spacial score (nSPS) is 14.0. The smallest absolute Gasteiger partial charge is 0.343 e. The molecule has 0 aliphatic carbocycles. The van der Waals surface area contributed by atoms with Crippen molar-refractivity contribution in [2.24, 2.45) is 0 Å². The van der Waals surface area contributed by atoms with Crippen LogP contribution in [0.25, 0.3) is 6.08 Å². The molecule has 1 aromatic heterocycles. The van der Waals surface area contributed by atoms with Gasteiger partial charge in [0.1, 0.15) is 11.5 Å². The Morgan fingerprint density at radius 2 is 1.73 bits per heavy atom. The zero-order valence-electron chi connectivity index (χ0n) is 17.0. The van der Waals surface area contributed by atoms with Gasteiger partial charge in [-0.1, -0.05) is 38.1 Å². The zero-order chi connectivity index (χ0) is 21.3. The van der Waals surface area contributed by atoms with Crippen molar-refractivity contribution in [2.75, 3.05) is 0 Å². The van der Waals surface area contributed by atoms with Gasteiger partial charge in [-0.05, 0) is 54.3 Å². The third-order valence-corrected chi connectivity index (χ3v) is 5.06. The number of ketones is 1. The molecule has 5 heteroatoms. The van der Waals surface area contributed by atoms with Crippen LogP contribution in [-0.2, 0) is 0 Å². The summed E-state index contributed by atoms with van der Waals surface area (Å²) in [5.74, 6) is 0.786. The van der Waals surface area contributed by atoms with Crippen molar-refractivity contribution in [3.8, 4) is 11.5 Å². The molecule has 1 aliphatic heterocycles. The summed E-state index contributed by atoms with van der Waals surface area (Å²) in [7, 11) is 0. The first kappa shape index (κ1) is 19.6. The minimum atomic E-state index is -0.495. The van der Waals surface area contributed by atoms with Crippen molar-refractivity contribution in [1.82, 2.24) is 4.98 Å². The van der Waals surface area contributed by atoms with E-state index in [0.717, 1.165) is 5.56 Å². The largest absolute Gasteiger partial charge is 0.452 e. The number of ether oxygens (including phenoxy) is 2. The van der Waals surface area contributed by atoms with Crippen molar-refractivity contribution in [3.05, 3.63) is 94.5 Å². The Morgan fingerprint density at radius 3 is 2.40 bits per heavy atom. The maximum atomic E-state index is 12.8. The standard InChI is InChI=1S/C25H21NO4/c1-15(2)18-6-4-17(5-7-18)14-22-23(27)20-8-9-21(16(3)24(20)29-22)30-25(28)19-10-12-26-13-11-19/h4-15H,1-3H3/b22-14-. The second kappa shape index (κ2) is 7.95. The molecule has 0 bridgehead atoms. The monoisotopic (exact) mass is 399 g/mol. The number of nitrogens with zero attached hydrogens (tertiary/aromatic N) is 1. The summed E-state index contributed by atoms with van der Waals surface area (Å²) in [6, 6.07) is 14.4. The fourth-order valence-electron chi connectivity index (χ4n) is 3.25. The number of Topliss-reactive ketones (excluding diaryl/α,β-unsaturated/α-hetero) is 1. The number of rotatable bonds is 4. The lowest BCUT2D eigenvalue weighted by molar-refractivity contribution is 0.0733. The third-order valence-electron chi connectivity index (χ3n) is 5.06. The minimum Gasteiger partial charge on any atom is -0.452 e. The molecule has 0 atom stereocenters. The van der Waals surface area contributed by atoms with Crippen LogP contribution in [0.15, 0.2) is 66.7 Å². The first-order valence-corrected chi connectivity index (χ1v) is 9.74. The Balaban J connectivity index is 1.58. The van der Waals surface area contributed by atoms with Gasteiger partial charge >= 0.3 is 5.97 Å². The van der Waals surface area contributed by atoms with E-state index in [0.29, 0.717) is 34.1 Å². The third kappa shape index (κ3) is 3.74. The number of esters is 1. The highest BCUT2D eigenvalue weighted by molar-refractivity contribution is 6.15. The molecule has 0 saturated carbocycles. The maximum Gasteiger partial charge on any atom is 0.343 e. The molecule has 4 rings (SSSR count). The van der Waals surface area contributed by atoms with Gasteiger partial charge in [-0.25, -0.2) is 4.79 Å². The Bertz CT molecular complexity index is 1150. The Hall–Kier alpha value is -3.73. The minimum absolute atomic E-state index is 0.187. The highest BCUT2D eigenvalue weighted by Crippen LogP contribution is 2.39. The number of carbonyl (C=O) groups is 2. The Labute approximate surface area is 175 Å². The fraction of sp³-hybridized carbons (Fsp3) is 0.160. The van der Waals surface area contributed by atoms with E-state index in [9.17, 15) is 9.59 Å². The van der Waals surface area contributed by atoms with E-state index < -0.39 is 5.97 Å². The van der Waals surface area contributed by atoms with Gasteiger partial charge in [0.25, 0.3) is 0 Å². The fourth-order valence-corrected chi connectivity index (χ4v) is 3.25. The van der Waals surface area contributed by atoms with Gasteiger partial charge in [0, 0.05) is 18.0 Å². The van der Waals surface area contributed by atoms with Crippen molar-refractivity contribution in [1.29, 1.82) is 0 Å². The number of fused-ring (bicyclic) bond motifs is 1. The summed E-state index contributed by atoms with van der Waals surface area (Å²) in [6.45, 7) is 6.03. The molecule has 30 heavy (non-hydrogen) atoms. The van der Waals surface area contributed by atoms with E-state index in [1.165, 1.54) is 18.0 Å². The Kier molecular flexibility index (Phi) is 5.19. The first-order valence-electron chi connectivity index (χ1n) is 9.74. The predicted molar refractivity (Wildman–Crippen MR) is 114 cm³/mol. The van der Waals surface area contributed by atoms with Crippen molar-refractivity contribution >= 4 is 17.8 Å². The second-order valence-electron chi connectivity index (χ2n) is 7.45. The molecule has 0 N–H and O–H groups in total. The molecule has 5 nitrogen and oxygen atoms in total. The average molecular weight is 399 g/mol. The van der Waals surface area contributed by atoms with Crippen molar-refractivity contribution < 1.29 is 19.1 Å². The van der Waals surface area contributed by atoms with Crippen molar-refractivity contribution in [3.63, 3.8) is 0 Å². The van der Waals surface area contributed by atoms with E-state index in [-0.39, 0.29) is 11.5 Å². The molecule has 0 fully saturated rings. The number of hydrogen-bond acceptors (Lipinski definition) is 5. The molecule has 2 heterocycles. The van der Waals surface area contributed by atoms with E-state index in [4.69, 9.17) is 9.47 Å². The van der Waals surface area contributed by atoms with Crippen LogP contribution < -0.4 is 9.47 Å². The van der Waals surface area contributed by atoms with Gasteiger partial charge in [-0.3, -0.25) is 9.78 Å². The summed E-state index contributed by atoms with van der Waals surface area (Å²) >= 11 is 0. The van der Waals surface area contributed by atoms with E-state index >= 15 is 0 Å². The Morgan fingerprint density at radius 1 is 1.03 bits per heavy atom. The molecule has 0 amide bonds. The molecule has 1 aliphatic rings. The average Bonchev–Trinajstić information content (AvgIpc) is 3.07. The number of aromatic nitrogens is 1. The van der Waals surface area contributed by atoms with E-state index in [2.05, 4.69) is 18.8 Å². The summed E-state index contributed by atoms with van der Waals surface area (Å²) in [4.78, 5) is 29.0. The lowest BCUT2D eigenvalue weighted by Crippen LogP contribution is -2.09. The quantitative estimate of drug-likeness (QED) is 0.336. The first-order chi connectivity index (χ1) is 14.4. The van der Waals surface area contributed by atoms with Gasteiger partial charge in [0.05, 0.1) is 11.1 Å². The number of benzene rings is 2. The van der Waals surface area contributed by atoms with Gasteiger partial charge in [-0.15, -0.1) is 0 Å². The van der Waals surface area contributed by atoms with E-state index in [1.807, 2.05) is 24.3 Å². The summed E-state index contributed by atoms with van der Waals surface area (Å²) < 4.78 is 11.4. The van der Waals surface area contributed by atoms with Crippen LogP contribution in [0.1, 0.15) is 57.2 Å². The maximum absolute atomic E-state index is 12.8.